The first kappa shape index (κ1) is 21.1. The van der Waals surface area contributed by atoms with Crippen molar-refractivity contribution in [2.75, 3.05) is 0 Å². The maximum absolute atomic E-state index is 2.82. The lowest BCUT2D eigenvalue weighted by atomic mass is 9.50. The van der Waals surface area contributed by atoms with E-state index in [0.717, 1.165) is 11.6 Å². The van der Waals surface area contributed by atoms with Crippen LogP contribution in [0.15, 0.2) is 0 Å². The number of hydrogen-bond donors (Lipinski definition) is 0. The maximum atomic E-state index is 2.82. The second-order valence-corrected chi connectivity index (χ2v) is 8.11. The van der Waals surface area contributed by atoms with Gasteiger partial charge in [0.25, 0.3) is 0 Å². The first-order chi connectivity index (χ1) is 11.4. The summed E-state index contributed by atoms with van der Waals surface area (Å²) in [4.78, 5) is 0. The van der Waals surface area contributed by atoms with Crippen molar-refractivity contribution in [2.45, 2.75) is 141 Å². The van der Waals surface area contributed by atoms with Gasteiger partial charge in [-0.1, -0.05) is 141 Å². The summed E-state index contributed by atoms with van der Waals surface area (Å²) >= 11 is 0. The van der Waals surface area contributed by atoms with E-state index in [0.29, 0.717) is 0 Å². The number of hydrogen-bond acceptors (Lipinski definition) is 0. The number of rotatable bonds is 8. The fraction of sp³-hybridized carbons (Fsp3) is 1.00. The van der Waals surface area contributed by atoms with Crippen molar-refractivity contribution in [1.82, 2.24) is 0 Å². The molecule has 135 valence electrons. The molecule has 0 aromatic carbocycles. The monoisotopic (exact) mass is 319 g/mol. The Hall–Kier alpha value is 0.0649. The van der Waals surface area contributed by atoms with Gasteiger partial charge in [-0.05, 0) is 0 Å². The largest absolute Gasteiger partial charge is 0.117 e. The van der Waals surface area contributed by atoms with E-state index >= 15 is 0 Å². The van der Waals surface area contributed by atoms with E-state index in [1.807, 2.05) is 0 Å². The molecule has 0 nitrogen and oxygen atoms in total. The molecule has 0 saturated heterocycles. The normalized spacial score (nSPS) is 21.0. The summed E-state index contributed by atoms with van der Waals surface area (Å²) in [6.07, 6.45) is 26.3. The van der Waals surface area contributed by atoms with E-state index in [2.05, 4.69) is 21.1 Å². The molecule has 0 spiro atoms. The highest BCUT2D eigenvalue weighted by Gasteiger charge is 2.17. The van der Waals surface area contributed by atoms with Crippen LogP contribution in [-0.4, -0.2) is 7.28 Å². The van der Waals surface area contributed by atoms with Gasteiger partial charge in [0.2, 0.25) is 0 Å². The molecule has 0 N–H and O–H groups in total. The summed E-state index contributed by atoms with van der Waals surface area (Å²) in [5.41, 5.74) is 0. The summed E-state index contributed by atoms with van der Waals surface area (Å²) in [6.45, 7) is 4.69. The third-order valence-corrected chi connectivity index (χ3v) is 5.78. The van der Waals surface area contributed by atoms with Crippen LogP contribution in [0.3, 0.4) is 0 Å². The third-order valence-electron chi connectivity index (χ3n) is 5.78. The standard InChI is InChI=1S/C22H44B/c1-3-5-14-18-21(17-4-2)23-22-19-15-12-10-8-6-7-9-11-13-16-20-22/h21-22H,3-20H2,1-2H3. The van der Waals surface area contributed by atoms with Gasteiger partial charge in [-0.15, -0.1) is 0 Å². The molecule has 1 rings (SSSR count). The first-order valence-corrected chi connectivity index (χ1v) is 11.2. The zero-order valence-electron chi connectivity index (χ0n) is 16.5. The molecule has 1 atom stereocenters. The van der Waals surface area contributed by atoms with Crippen LogP contribution in [0.5, 0.6) is 0 Å². The van der Waals surface area contributed by atoms with Crippen molar-refractivity contribution in [3.05, 3.63) is 0 Å². The first-order valence-electron chi connectivity index (χ1n) is 11.2. The van der Waals surface area contributed by atoms with Gasteiger partial charge in [0.1, 0.15) is 7.28 Å². The summed E-state index contributed by atoms with van der Waals surface area (Å²) in [5, 5.41) is 0. The molecule has 23 heavy (non-hydrogen) atoms. The SMILES string of the molecule is CCCCCC([B]C1CCCCCCCCCCCC1)CCC. The van der Waals surface area contributed by atoms with Gasteiger partial charge in [-0.25, -0.2) is 0 Å². The lowest BCUT2D eigenvalue weighted by Gasteiger charge is -2.23. The van der Waals surface area contributed by atoms with E-state index in [-0.39, 0.29) is 0 Å². The van der Waals surface area contributed by atoms with Crippen LogP contribution in [-0.2, 0) is 0 Å². The molecule has 1 aliphatic rings. The lowest BCUT2D eigenvalue weighted by Crippen LogP contribution is -2.12. The smallest absolute Gasteiger partial charge is 0.0686 e. The zero-order chi connectivity index (χ0) is 16.6. The minimum Gasteiger partial charge on any atom is -0.0686 e. The van der Waals surface area contributed by atoms with Crippen molar-refractivity contribution >= 4 is 7.28 Å². The van der Waals surface area contributed by atoms with Crippen molar-refractivity contribution in [2.24, 2.45) is 0 Å². The molecule has 0 aliphatic heterocycles. The summed E-state index contributed by atoms with van der Waals surface area (Å²) < 4.78 is 0. The summed E-state index contributed by atoms with van der Waals surface area (Å²) in [7, 11) is 2.82. The Balaban J connectivity index is 2.38. The van der Waals surface area contributed by atoms with E-state index in [4.69, 9.17) is 0 Å². The average Bonchev–Trinajstić information content (AvgIpc) is 2.57. The Morgan fingerprint density at radius 1 is 0.652 bits per heavy atom. The molecule has 0 aromatic rings. The second-order valence-electron chi connectivity index (χ2n) is 8.11. The minimum atomic E-state index is 0.909. The van der Waals surface area contributed by atoms with Crippen LogP contribution in [0, 0.1) is 0 Å². The molecule has 0 aromatic heterocycles. The van der Waals surface area contributed by atoms with Crippen LogP contribution in [0.2, 0.25) is 11.6 Å². The number of unbranched alkanes of at least 4 members (excludes halogenated alkanes) is 2. The maximum Gasteiger partial charge on any atom is 0.117 e. The fourth-order valence-electron chi connectivity index (χ4n) is 4.31. The molecule has 1 heteroatoms. The Morgan fingerprint density at radius 2 is 1.17 bits per heavy atom. The highest BCUT2D eigenvalue weighted by molar-refractivity contribution is 6.39. The van der Waals surface area contributed by atoms with Crippen LogP contribution >= 0.6 is 0 Å². The molecule has 0 heterocycles. The van der Waals surface area contributed by atoms with Crippen molar-refractivity contribution in [1.29, 1.82) is 0 Å². The Bertz CT molecular complexity index is 224. The molecule has 1 aliphatic carbocycles. The van der Waals surface area contributed by atoms with Gasteiger partial charge in [-0.2, -0.15) is 0 Å². The van der Waals surface area contributed by atoms with Gasteiger partial charge < -0.3 is 0 Å². The van der Waals surface area contributed by atoms with E-state index in [9.17, 15) is 0 Å². The Morgan fingerprint density at radius 3 is 1.65 bits per heavy atom. The van der Waals surface area contributed by atoms with Crippen molar-refractivity contribution in [3.63, 3.8) is 0 Å². The molecule has 1 saturated carbocycles. The molecule has 0 amide bonds. The highest BCUT2D eigenvalue weighted by atomic mass is 14.1. The van der Waals surface area contributed by atoms with E-state index in [1.54, 1.807) is 0 Å². The minimum absolute atomic E-state index is 0.909. The predicted octanol–water partition coefficient (Wildman–Crippen LogP) is 8.34. The van der Waals surface area contributed by atoms with Crippen LogP contribution in [0.25, 0.3) is 0 Å². The molecule has 1 unspecified atom stereocenters. The lowest BCUT2D eigenvalue weighted by molar-refractivity contribution is 0.540. The predicted molar refractivity (Wildman–Crippen MR) is 108 cm³/mol. The quantitative estimate of drug-likeness (QED) is 0.311. The van der Waals surface area contributed by atoms with Gasteiger partial charge in [-0.3, -0.25) is 0 Å². The van der Waals surface area contributed by atoms with Crippen LogP contribution in [0.4, 0.5) is 0 Å². The van der Waals surface area contributed by atoms with Gasteiger partial charge in [0.15, 0.2) is 0 Å². The fourth-order valence-corrected chi connectivity index (χ4v) is 4.31. The topological polar surface area (TPSA) is 0 Å². The third kappa shape index (κ3) is 12.1. The zero-order valence-corrected chi connectivity index (χ0v) is 16.5. The van der Waals surface area contributed by atoms with Gasteiger partial charge in [0, 0.05) is 0 Å². The molecule has 1 fully saturated rings. The molecule has 1 radical (unpaired) electrons. The Kier molecular flexibility index (Phi) is 14.3. The summed E-state index contributed by atoms with van der Waals surface area (Å²) in [5.74, 6) is 1.83. The van der Waals surface area contributed by atoms with Crippen molar-refractivity contribution in [3.8, 4) is 0 Å². The molecule has 0 bridgehead atoms. The van der Waals surface area contributed by atoms with Gasteiger partial charge >= 0.3 is 0 Å². The van der Waals surface area contributed by atoms with Crippen LogP contribution in [0.1, 0.15) is 129 Å². The average molecular weight is 319 g/mol. The Labute approximate surface area is 148 Å². The van der Waals surface area contributed by atoms with E-state index in [1.165, 1.54) is 116 Å². The summed E-state index contributed by atoms with van der Waals surface area (Å²) in [6, 6.07) is 0. The van der Waals surface area contributed by atoms with E-state index < -0.39 is 0 Å². The van der Waals surface area contributed by atoms with Gasteiger partial charge in [0.05, 0.1) is 0 Å². The molecular formula is C22H44B. The molecular weight excluding hydrogens is 275 g/mol. The second kappa shape index (κ2) is 15.6. The van der Waals surface area contributed by atoms with Crippen LogP contribution < -0.4 is 0 Å². The highest BCUT2D eigenvalue weighted by Crippen LogP contribution is 2.31. The van der Waals surface area contributed by atoms with Crippen molar-refractivity contribution < 1.29 is 0 Å².